The van der Waals surface area contributed by atoms with E-state index in [9.17, 15) is 9.59 Å². The van der Waals surface area contributed by atoms with Crippen molar-refractivity contribution in [3.8, 4) is 17.1 Å². The van der Waals surface area contributed by atoms with Gasteiger partial charge in [0, 0.05) is 11.9 Å². The number of benzene rings is 1. The highest BCUT2D eigenvalue weighted by atomic mass is 35.5. The molecule has 1 amide bonds. The second-order valence-electron chi connectivity index (χ2n) is 6.58. The number of hydrogen-bond donors (Lipinski definition) is 2. The Labute approximate surface area is 191 Å². The Morgan fingerprint density at radius 2 is 1.94 bits per heavy atom. The van der Waals surface area contributed by atoms with Crippen molar-refractivity contribution in [2.45, 2.75) is 6.54 Å². The number of carbonyl (C=O) groups is 1. The normalized spacial score (nSPS) is 10.8. The van der Waals surface area contributed by atoms with Gasteiger partial charge in [-0.15, -0.1) is 16.4 Å². The molecule has 3 heterocycles. The van der Waals surface area contributed by atoms with Gasteiger partial charge in [-0.2, -0.15) is 0 Å². The van der Waals surface area contributed by atoms with Gasteiger partial charge >= 0.3 is 0 Å². The van der Waals surface area contributed by atoms with E-state index in [0.717, 1.165) is 5.69 Å². The van der Waals surface area contributed by atoms with Crippen LogP contribution in [0.15, 0.2) is 65.7 Å². The van der Waals surface area contributed by atoms with Crippen molar-refractivity contribution >= 4 is 28.8 Å². The second kappa shape index (κ2) is 9.77. The first kappa shape index (κ1) is 21.8. The van der Waals surface area contributed by atoms with Crippen LogP contribution in [-0.2, 0) is 6.54 Å². The van der Waals surface area contributed by atoms with Crippen LogP contribution in [0.5, 0.6) is 5.75 Å². The summed E-state index contributed by atoms with van der Waals surface area (Å²) in [5.74, 6) is -0.0603. The zero-order valence-corrected chi connectivity index (χ0v) is 18.2. The predicted molar refractivity (Wildman–Crippen MR) is 120 cm³/mol. The Kier molecular flexibility index (Phi) is 6.64. The standard InChI is InChI=1S/C21H18ClN5O4S/c22-19-8-7-18(32-19)20(29)23-12-14-13-27(25-24-14)16-5-3-15(4-6-16)26-9-1-2-17(21(26)30)31-11-10-28/h1-9,13,28H,10-12H2,(H,23,29). The van der Waals surface area contributed by atoms with Gasteiger partial charge in [0.05, 0.1) is 34.2 Å². The molecule has 9 nitrogen and oxygen atoms in total. The number of hydrogen-bond acceptors (Lipinski definition) is 7. The SMILES string of the molecule is O=C(NCc1cn(-c2ccc(-n3cccc(OCCO)c3=O)cc2)nn1)c1ccc(Cl)s1. The van der Waals surface area contributed by atoms with Crippen LogP contribution in [0.2, 0.25) is 4.34 Å². The second-order valence-corrected chi connectivity index (χ2v) is 8.29. The first-order chi connectivity index (χ1) is 15.5. The molecule has 1 aromatic carbocycles. The molecule has 164 valence electrons. The van der Waals surface area contributed by atoms with Crippen molar-refractivity contribution in [3.63, 3.8) is 0 Å². The zero-order chi connectivity index (χ0) is 22.5. The first-order valence-corrected chi connectivity index (χ1v) is 10.8. The highest BCUT2D eigenvalue weighted by molar-refractivity contribution is 7.17. The maximum Gasteiger partial charge on any atom is 0.297 e. The largest absolute Gasteiger partial charge is 0.485 e. The highest BCUT2D eigenvalue weighted by Gasteiger charge is 2.11. The van der Waals surface area contributed by atoms with Crippen molar-refractivity contribution in [1.82, 2.24) is 24.9 Å². The minimum atomic E-state index is -0.320. The number of carbonyl (C=O) groups excluding carboxylic acids is 1. The Hall–Kier alpha value is -3.47. The molecule has 0 saturated heterocycles. The van der Waals surface area contributed by atoms with Crippen LogP contribution in [0, 0.1) is 0 Å². The summed E-state index contributed by atoms with van der Waals surface area (Å²) in [4.78, 5) is 25.2. The lowest BCUT2D eigenvalue weighted by Gasteiger charge is -2.09. The topological polar surface area (TPSA) is 111 Å². The lowest BCUT2D eigenvalue weighted by Crippen LogP contribution is -2.21. The van der Waals surface area contributed by atoms with E-state index in [1.165, 1.54) is 15.9 Å². The minimum Gasteiger partial charge on any atom is -0.485 e. The summed E-state index contributed by atoms with van der Waals surface area (Å²) in [6, 6.07) is 13.7. The molecule has 0 saturated carbocycles. The number of rotatable bonds is 8. The molecule has 0 atom stereocenters. The van der Waals surface area contributed by atoms with Gasteiger partial charge in [0.15, 0.2) is 5.75 Å². The van der Waals surface area contributed by atoms with Crippen molar-refractivity contribution in [3.05, 3.63) is 86.2 Å². The molecule has 0 spiro atoms. The van der Waals surface area contributed by atoms with Gasteiger partial charge in [-0.1, -0.05) is 16.8 Å². The molecule has 32 heavy (non-hydrogen) atoms. The van der Waals surface area contributed by atoms with Gasteiger partial charge in [-0.25, -0.2) is 4.68 Å². The summed E-state index contributed by atoms with van der Waals surface area (Å²) in [7, 11) is 0. The van der Waals surface area contributed by atoms with E-state index in [1.807, 2.05) is 0 Å². The maximum atomic E-state index is 12.6. The summed E-state index contributed by atoms with van der Waals surface area (Å²) in [5.41, 5.74) is 1.66. The van der Waals surface area contributed by atoms with Gasteiger partial charge in [-0.05, 0) is 48.5 Å². The van der Waals surface area contributed by atoms with E-state index in [2.05, 4.69) is 15.6 Å². The van der Waals surface area contributed by atoms with Crippen molar-refractivity contribution in [2.75, 3.05) is 13.2 Å². The number of ether oxygens (including phenoxy) is 1. The summed E-state index contributed by atoms with van der Waals surface area (Å²) in [6.07, 6.45) is 3.35. The van der Waals surface area contributed by atoms with E-state index in [1.54, 1.807) is 65.6 Å². The molecule has 0 unspecified atom stereocenters. The summed E-state index contributed by atoms with van der Waals surface area (Å²) >= 11 is 7.07. The van der Waals surface area contributed by atoms with Crippen molar-refractivity contribution in [1.29, 1.82) is 0 Å². The number of thiophene rings is 1. The molecular formula is C21H18ClN5O4S. The quantitative estimate of drug-likeness (QED) is 0.408. The maximum absolute atomic E-state index is 12.6. The van der Waals surface area contributed by atoms with Crippen LogP contribution in [0.25, 0.3) is 11.4 Å². The number of nitrogens with zero attached hydrogens (tertiary/aromatic N) is 4. The third-order valence-corrected chi connectivity index (χ3v) is 5.65. The summed E-state index contributed by atoms with van der Waals surface area (Å²) < 4.78 is 8.86. The molecule has 0 bridgehead atoms. The Bertz CT molecular complexity index is 1280. The Balaban J connectivity index is 1.44. The monoisotopic (exact) mass is 471 g/mol. The fourth-order valence-corrected chi connectivity index (χ4v) is 3.87. The van der Waals surface area contributed by atoms with Gasteiger partial charge in [0.1, 0.15) is 12.3 Å². The lowest BCUT2D eigenvalue weighted by molar-refractivity contribution is 0.0954. The van der Waals surface area contributed by atoms with E-state index < -0.39 is 0 Å². The Morgan fingerprint density at radius 3 is 2.66 bits per heavy atom. The molecule has 0 aliphatic carbocycles. The highest BCUT2D eigenvalue weighted by Crippen LogP contribution is 2.21. The average Bonchev–Trinajstić information content (AvgIpc) is 3.46. The molecule has 2 N–H and O–H groups in total. The summed E-state index contributed by atoms with van der Waals surface area (Å²) in [5, 5.41) is 19.8. The van der Waals surface area contributed by atoms with Gasteiger partial charge < -0.3 is 15.2 Å². The molecular weight excluding hydrogens is 454 g/mol. The fourth-order valence-electron chi connectivity index (χ4n) is 2.91. The van der Waals surface area contributed by atoms with Gasteiger partial charge in [0.2, 0.25) is 0 Å². The number of aliphatic hydroxyl groups excluding tert-OH is 1. The molecule has 0 radical (unpaired) electrons. The molecule has 0 aliphatic rings. The molecule has 0 aliphatic heterocycles. The van der Waals surface area contributed by atoms with E-state index in [0.29, 0.717) is 20.6 Å². The molecule has 11 heteroatoms. The third kappa shape index (κ3) is 4.88. The Morgan fingerprint density at radius 1 is 1.16 bits per heavy atom. The van der Waals surface area contributed by atoms with Crippen LogP contribution in [0.4, 0.5) is 0 Å². The number of halogens is 1. The van der Waals surface area contributed by atoms with Crippen LogP contribution in [0.3, 0.4) is 0 Å². The fraction of sp³-hybridized carbons (Fsp3) is 0.143. The number of pyridine rings is 1. The van der Waals surface area contributed by atoms with Crippen LogP contribution < -0.4 is 15.6 Å². The van der Waals surface area contributed by atoms with E-state index in [-0.39, 0.29) is 37.0 Å². The number of aromatic nitrogens is 4. The minimum absolute atomic E-state index is 0.0500. The van der Waals surface area contributed by atoms with E-state index in [4.69, 9.17) is 21.4 Å². The van der Waals surface area contributed by atoms with Gasteiger partial charge in [-0.3, -0.25) is 14.2 Å². The number of aliphatic hydroxyl groups is 1. The third-order valence-electron chi connectivity index (χ3n) is 4.42. The van der Waals surface area contributed by atoms with Crippen LogP contribution in [0.1, 0.15) is 15.4 Å². The zero-order valence-electron chi connectivity index (χ0n) is 16.6. The molecule has 4 rings (SSSR count). The predicted octanol–water partition coefficient (Wildman–Crippen LogP) is 2.43. The van der Waals surface area contributed by atoms with E-state index >= 15 is 0 Å². The van der Waals surface area contributed by atoms with Gasteiger partial charge in [0.25, 0.3) is 11.5 Å². The lowest BCUT2D eigenvalue weighted by atomic mass is 10.2. The van der Waals surface area contributed by atoms with Crippen LogP contribution >= 0.6 is 22.9 Å². The molecule has 0 fully saturated rings. The van der Waals surface area contributed by atoms with Crippen molar-refractivity contribution < 1.29 is 14.6 Å². The van der Waals surface area contributed by atoms with Crippen molar-refractivity contribution in [2.24, 2.45) is 0 Å². The molecule has 4 aromatic rings. The first-order valence-electron chi connectivity index (χ1n) is 9.56. The average molecular weight is 472 g/mol. The number of nitrogens with one attached hydrogen (secondary N) is 1. The smallest absolute Gasteiger partial charge is 0.297 e. The molecule has 3 aromatic heterocycles. The summed E-state index contributed by atoms with van der Waals surface area (Å²) in [6.45, 7) is 0.103. The van der Waals surface area contributed by atoms with Crippen LogP contribution in [-0.4, -0.2) is 43.8 Å². The number of amides is 1.